The molecule has 0 aliphatic heterocycles. The van der Waals surface area contributed by atoms with Crippen molar-refractivity contribution >= 4 is 113 Å². The van der Waals surface area contributed by atoms with Crippen LogP contribution in [0.25, 0.3) is 41.6 Å². The second-order valence-corrected chi connectivity index (χ2v) is 15.1. The number of carboxylic acids is 4. The molecule has 67 heavy (non-hydrogen) atoms. The number of carboxylic acid groups (broad SMARTS) is 4. The largest absolute Gasteiger partial charge is 0.542 e. The van der Waals surface area contributed by atoms with Crippen LogP contribution in [0.3, 0.4) is 0 Å². The minimum absolute atomic E-state index is 0. The number of hydrogen-bond donors (Lipinski definition) is 0. The van der Waals surface area contributed by atoms with Crippen molar-refractivity contribution in [1.82, 2.24) is 9.97 Å². The van der Waals surface area contributed by atoms with Crippen molar-refractivity contribution in [1.29, 1.82) is 0 Å². The first-order valence-electron chi connectivity index (χ1n) is 18.8. The molecule has 0 saturated heterocycles. The molecule has 0 spiro atoms. The maximum absolute atomic E-state index is 10.1. The van der Waals surface area contributed by atoms with Crippen molar-refractivity contribution in [2.75, 3.05) is 0 Å². The summed E-state index contributed by atoms with van der Waals surface area (Å²) in [5, 5.41) is 40.7. The Morgan fingerprint density at radius 3 is 0.791 bits per heavy atom. The summed E-state index contributed by atoms with van der Waals surface area (Å²) in [6, 6.07) is 37.1. The molecule has 0 unspecified atom stereocenters. The number of hydrogen-bond acceptors (Lipinski definition) is 20. The van der Waals surface area contributed by atoms with Crippen LogP contribution < -0.4 is 20.4 Å². The fourth-order valence-corrected chi connectivity index (χ4v) is 6.29. The average Bonchev–Trinajstić information content (AvgIpc) is 3.90. The first-order chi connectivity index (χ1) is 31.0. The maximum Gasteiger partial charge on any atom is 0.185 e. The Hall–Kier alpha value is -7.45. The van der Waals surface area contributed by atoms with Gasteiger partial charge in [-0.25, -0.2) is 9.97 Å². The first kappa shape index (κ1) is 59.5. The molecule has 1 radical (unpaired) electrons. The van der Waals surface area contributed by atoms with Crippen LogP contribution in [0, 0.1) is 0 Å². The molecular weight excluding hydrogens is 1090 g/mol. The molecule has 353 valence electrons. The molecule has 21 heteroatoms. The fraction of sp³-hybridized carbons (Fsp3) is 0.174. The van der Waals surface area contributed by atoms with Gasteiger partial charge in [0.25, 0.3) is 0 Å². The van der Waals surface area contributed by atoms with E-state index in [1.54, 1.807) is 22.7 Å². The van der Waals surface area contributed by atoms with E-state index in [9.17, 15) is 78.0 Å². The molecule has 0 atom stereocenters. The van der Waals surface area contributed by atoms with Crippen LogP contribution in [0.1, 0.15) is 53.4 Å². The molecule has 0 saturated carbocycles. The fourth-order valence-electron chi connectivity index (χ4n) is 4.35. The minimum atomic E-state index is -1.80. The van der Waals surface area contributed by atoms with Gasteiger partial charge < -0.3 is 39.6 Å². The molecule has 6 aromatic rings. The number of thiazole rings is 2. The second kappa shape index (κ2) is 31.4. The molecule has 0 N–H and O–H groups in total. The van der Waals surface area contributed by atoms with Gasteiger partial charge in [-0.3, -0.25) is 38.4 Å². The maximum atomic E-state index is 10.1. The van der Waals surface area contributed by atoms with Gasteiger partial charge in [-0.05, 0) is 52.0 Å². The number of ketones is 8. The van der Waals surface area contributed by atoms with Crippen molar-refractivity contribution in [3.63, 3.8) is 0 Å². The van der Waals surface area contributed by atoms with E-state index < -0.39 is 95.8 Å². The van der Waals surface area contributed by atoms with Crippen molar-refractivity contribution < 1.29 is 98.1 Å². The summed E-state index contributed by atoms with van der Waals surface area (Å²) in [6.07, 6.45) is -2.27. The monoisotopic (exact) mass is 1130 g/mol. The van der Waals surface area contributed by atoms with Crippen molar-refractivity contribution in [3.8, 4) is 21.1 Å². The van der Waals surface area contributed by atoms with Crippen LogP contribution in [-0.4, -0.2) is 80.1 Å². The Morgan fingerprint density at radius 2 is 0.597 bits per heavy atom. The van der Waals surface area contributed by atoms with E-state index in [2.05, 4.69) is 70.6 Å². The Bertz CT molecular complexity index is 2390. The van der Waals surface area contributed by atoms with E-state index in [0.717, 1.165) is 48.7 Å². The van der Waals surface area contributed by atoms with Gasteiger partial charge in [0, 0.05) is 31.2 Å². The summed E-state index contributed by atoms with van der Waals surface area (Å²) >= 11 is 3.48. The van der Waals surface area contributed by atoms with Crippen LogP contribution in [0.15, 0.2) is 109 Å². The van der Waals surface area contributed by atoms with Gasteiger partial charge >= 0.3 is 0 Å². The Labute approximate surface area is 403 Å². The van der Waals surface area contributed by atoms with E-state index >= 15 is 0 Å². The third-order valence-electron chi connectivity index (χ3n) is 7.18. The van der Waals surface area contributed by atoms with Gasteiger partial charge in [0.1, 0.15) is 57.0 Å². The molecule has 2 heterocycles. The standard InChI is InChI=1S/2C13H9NS.4C5H6O4.Ir/c2*1-2-6-10(7-3-1)13-14-11-8-4-5-9-12(11)15-13;4*1-3(6)2-4(7)5(8)9;/h2*1-9H;4*2H2,1H3,(H,8,9);/p-4. The number of fused-ring (bicyclic) bond motifs is 2. The molecule has 2 aromatic heterocycles. The first-order valence-corrected chi connectivity index (χ1v) is 20.4. The van der Waals surface area contributed by atoms with Crippen LogP contribution >= 0.6 is 22.7 Å². The number of aliphatic carboxylic acids is 4. The van der Waals surface area contributed by atoms with E-state index in [-0.39, 0.29) is 20.1 Å². The number of rotatable bonds is 14. The van der Waals surface area contributed by atoms with Crippen LogP contribution in [0.5, 0.6) is 0 Å². The van der Waals surface area contributed by atoms with Gasteiger partial charge in [-0.15, -0.1) is 22.7 Å². The van der Waals surface area contributed by atoms with E-state index in [1.807, 2.05) is 48.5 Å². The number of nitrogens with zero attached hydrogens (tertiary/aromatic N) is 2. The Kier molecular flexibility index (Phi) is 27.9. The molecular formula is C46H38IrN2O16S2-4. The zero-order valence-electron chi connectivity index (χ0n) is 35.8. The zero-order valence-corrected chi connectivity index (χ0v) is 39.8. The number of Topliss-reactive ketones (excluding diaryl/α,β-unsaturated/α-hetero) is 8. The van der Waals surface area contributed by atoms with Crippen LogP contribution in [-0.2, 0) is 77.6 Å². The number of para-hydroxylation sites is 2. The van der Waals surface area contributed by atoms with Gasteiger partial charge in [-0.2, -0.15) is 0 Å². The van der Waals surface area contributed by atoms with E-state index in [4.69, 9.17) is 0 Å². The molecule has 0 aliphatic carbocycles. The summed E-state index contributed by atoms with van der Waals surface area (Å²) in [5.74, 6) is -13.7. The van der Waals surface area contributed by atoms with Crippen LogP contribution in [0.4, 0.5) is 0 Å². The van der Waals surface area contributed by atoms with Crippen molar-refractivity contribution in [2.45, 2.75) is 53.4 Å². The predicted octanol–water partition coefficient (Wildman–Crippen LogP) is 1.06. The summed E-state index contributed by atoms with van der Waals surface area (Å²) < 4.78 is 2.49. The molecule has 18 nitrogen and oxygen atoms in total. The molecule has 6 rings (SSSR count). The zero-order chi connectivity index (χ0) is 49.9. The molecule has 0 fully saturated rings. The Morgan fingerprint density at radius 1 is 0.373 bits per heavy atom. The van der Waals surface area contributed by atoms with Gasteiger partial charge in [0.2, 0.25) is 0 Å². The summed E-state index contributed by atoms with van der Waals surface area (Å²) in [5.41, 5.74) is 4.56. The van der Waals surface area contributed by atoms with Crippen LogP contribution in [0.2, 0.25) is 0 Å². The predicted molar refractivity (Wildman–Crippen MR) is 231 cm³/mol. The number of carbonyl (C=O) groups is 12. The Balaban J connectivity index is 0.000000796. The summed E-state index contributed by atoms with van der Waals surface area (Å²) in [4.78, 5) is 128. The number of benzene rings is 4. The number of carbonyl (C=O) groups excluding carboxylic acids is 12. The molecule has 4 aromatic carbocycles. The van der Waals surface area contributed by atoms with Crippen molar-refractivity contribution in [2.24, 2.45) is 0 Å². The SMILES string of the molecule is CC(=O)CC(=O)C(=O)[O-].CC(=O)CC(=O)C(=O)[O-].CC(=O)CC(=O)C(=O)[O-].CC(=O)CC(=O)C(=O)[O-].[Ir].c1ccc(-c2nc3ccccc3s2)cc1.c1ccc(-c2nc3ccccc3s2)cc1. The van der Waals surface area contributed by atoms with Gasteiger partial charge in [-0.1, -0.05) is 84.9 Å². The summed E-state index contributed by atoms with van der Waals surface area (Å²) in [7, 11) is 0. The summed E-state index contributed by atoms with van der Waals surface area (Å²) in [6.45, 7) is 4.56. The topological polar surface area (TPSA) is 323 Å². The molecule has 0 amide bonds. The number of aromatic nitrogens is 2. The van der Waals surface area contributed by atoms with Gasteiger partial charge in [0.05, 0.1) is 46.1 Å². The normalized spacial score (nSPS) is 9.37. The van der Waals surface area contributed by atoms with Crippen molar-refractivity contribution in [3.05, 3.63) is 109 Å². The molecule has 0 aliphatic rings. The smallest absolute Gasteiger partial charge is 0.185 e. The van der Waals surface area contributed by atoms with E-state index in [0.29, 0.717) is 0 Å². The third kappa shape index (κ3) is 25.0. The molecule has 0 bridgehead atoms. The van der Waals surface area contributed by atoms with Gasteiger partial charge in [0.15, 0.2) is 23.1 Å². The minimum Gasteiger partial charge on any atom is -0.542 e. The van der Waals surface area contributed by atoms with E-state index in [1.165, 1.54) is 20.5 Å². The average molecular weight is 1130 g/mol. The second-order valence-electron chi connectivity index (χ2n) is 13.1. The third-order valence-corrected chi connectivity index (χ3v) is 9.35. The quantitative estimate of drug-likeness (QED) is 0.109.